The number of rotatable bonds is 11. The van der Waals surface area contributed by atoms with Crippen molar-refractivity contribution in [2.75, 3.05) is 31.9 Å². The van der Waals surface area contributed by atoms with E-state index >= 15 is 0 Å². The molecule has 1 fully saturated rings. The molecule has 40 heavy (non-hydrogen) atoms. The molecule has 1 saturated heterocycles. The van der Waals surface area contributed by atoms with E-state index in [0.29, 0.717) is 11.3 Å². The molecule has 1 aromatic heterocycles. The highest BCUT2D eigenvalue weighted by Crippen LogP contribution is 2.41. The van der Waals surface area contributed by atoms with Crippen LogP contribution in [-0.2, 0) is 43.0 Å². The van der Waals surface area contributed by atoms with Crippen molar-refractivity contribution in [2.24, 2.45) is 5.16 Å². The number of oxime groups is 1. The fraction of sp³-hybridized carbons (Fsp3) is 0.522. The number of methoxy groups -OCH3 is 1. The standard InChI is InChI=1S/C23H29N5O10S2/c1-10(2)36-23(33)38-12(4)37-21(32)17-13(7-34-5)8-39-20-16(19(31)28(17)20)26-18(30)15(27-35-6)14-9-40-22(25-14)24-11(3)29/h9-10,12,16,20H,7-8H2,1-6H3,(H,26,30)(H,24,25,29)/b27-15+/t12?,16-,20?/m1/s1. The fourth-order valence-electron chi connectivity index (χ4n) is 3.64. The summed E-state index contributed by atoms with van der Waals surface area (Å²) in [4.78, 5) is 72.6. The van der Waals surface area contributed by atoms with Gasteiger partial charge in [0, 0.05) is 32.1 Å². The number of nitrogens with zero attached hydrogens (tertiary/aromatic N) is 3. The van der Waals surface area contributed by atoms with E-state index in [2.05, 4.69) is 20.8 Å². The normalized spacial score (nSPS) is 19.3. The molecule has 3 rings (SSSR count). The summed E-state index contributed by atoms with van der Waals surface area (Å²) in [5, 5.41) is 9.97. The highest BCUT2D eigenvalue weighted by Gasteiger charge is 2.55. The van der Waals surface area contributed by atoms with Gasteiger partial charge in [-0.15, -0.1) is 23.1 Å². The van der Waals surface area contributed by atoms with Gasteiger partial charge in [0.15, 0.2) is 10.8 Å². The van der Waals surface area contributed by atoms with Crippen LogP contribution in [0.1, 0.15) is 33.4 Å². The lowest BCUT2D eigenvalue weighted by Gasteiger charge is -2.49. The predicted molar refractivity (Wildman–Crippen MR) is 142 cm³/mol. The van der Waals surface area contributed by atoms with Gasteiger partial charge in [-0.3, -0.25) is 19.3 Å². The van der Waals surface area contributed by atoms with Crippen LogP contribution in [-0.4, -0.2) is 95.8 Å². The molecule has 0 aliphatic carbocycles. The Morgan fingerprint density at radius 3 is 2.52 bits per heavy atom. The fourth-order valence-corrected chi connectivity index (χ4v) is 5.71. The maximum Gasteiger partial charge on any atom is 0.511 e. The first-order chi connectivity index (χ1) is 19.0. The largest absolute Gasteiger partial charge is 0.511 e. The molecule has 0 bridgehead atoms. The van der Waals surface area contributed by atoms with Gasteiger partial charge >= 0.3 is 12.1 Å². The van der Waals surface area contributed by atoms with Crippen LogP contribution in [0.25, 0.3) is 0 Å². The van der Waals surface area contributed by atoms with Gasteiger partial charge in [0.05, 0.1) is 12.7 Å². The van der Waals surface area contributed by atoms with E-state index in [9.17, 15) is 24.0 Å². The Morgan fingerprint density at radius 2 is 1.90 bits per heavy atom. The predicted octanol–water partition coefficient (Wildman–Crippen LogP) is 1.20. The number of hydrogen-bond donors (Lipinski definition) is 2. The van der Waals surface area contributed by atoms with Crippen LogP contribution in [0.15, 0.2) is 21.8 Å². The maximum atomic E-state index is 13.2. The summed E-state index contributed by atoms with van der Waals surface area (Å²) in [7, 11) is 2.68. The van der Waals surface area contributed by atoms with Gasteiger partial charge in [-0.2, -0.15) is 0 Å². The molecular formula is C23H29N5O10S2. The van der Waals surface area contributed by atoms with Gasteiger partial charge in [0.2, 0.25) is 12.2 Å². The maximum absolute atomic E-state index is 13.2. The Hall–Kier alpha value is -3.70. The SMILES string of the molecule is COCC1=C(C(=O)OC(C)OC(=O)OC(C)C)N2C(=O)[C@@H](NC(=O)/C(=N/OC)c3csc(NC(C)=O)n3)C2SC1. The first-order valence-electron chi connectivity index (χ1n) is 11.9. The Balaban J connectivity index is 1.74. The number of thiazole rings is 1. The number of aromatic nitrogens is 1. The van der Waals surface area contributed by atoms with Crippen molar-refractivity contribution >= 4 is 63.8 Å². The highest BCUT2D eigenvalue weighted by molar-refractivity contribution is 8.00. The summed E-state index contributed by atoms with van der Waals surface area (Å²) in [6.07, 6.45) is -2.75. The second kappa shape index (κ2) is 13.6. The summed E-state index contributed by atoms with van der Waals surface area (Å²) in [6, 6.07) is -1.01. The zero-order valence-electron chi connectivity index (χ0n) is 22.5. The lowest BCUT2D eigenvalue weighted by molar-refractivity contribution is -0.169. The third-order valence-electron chi connectivity index (χ3n) is 5.14. The van der Waals surface area contributed by atoms with Crippen LogP contribution in [0.5, 0.6) is 0 Å². The second-order valence-corrected chi connectivity index (χ2v) is 10.6. The van der Waals surface area contributed by atoms with Crippen molar-refractivity contribution in [3.05, 3.63) is 22.3 Å². The van der Waals surface area contributed by atoms with E-state index in [4.69, 9.17) is 23.8 Å². The van der Waals surface area contributed by atoms with Crippen molar-refractivity contribution in [3.8, 4) is 0 Å². The first-order valence-corrected chi connectivity index (χ1v) is 13.8. The van der Waals surface area contributed by atoms with Crippen molar-refractivity contribution < 1.29 is 47.8 Å². The van der Waals surface area contributed by atoms with Gasteiger partial charge in [-0.25, -0.2) is 14.6 Å². The van der Waals surface area contributed by atoms with Crippen LogP contribution in [0.3, 0.4) is 0 Å². The number of nitrogens with one attached hydrogen (secondary N) is 2. The highest BCUT2D eigenvalue weighted by atomic mass is 32.2. The lowest BCUT2D eigenvalue weighted by Crippen LogP contribution is -2.71. The van der Waals surface area contributed by atoms with Crippen molar-refractivity contribution in [1.29, 1.82) is 0 Å². The second-order valence-electron chi connectivity index (χ2n) is 8.60. The number of carbonyl (C=O) groups is 5. The quantitative estimate of drug-likeness (QED) is 0.122. The number of thioether (sulfide) groups is 1. The van der Waals surface area contributed by atoms with Crippen LogP contribution in [0.4, 0.5) is 9.93 Å². The molecule has 3 atom stereocenters. The topological polar surface area (TPSA) is 184 Å². The zero-order valence-corrected chi connectivity index (χ0v) is 24.2. The first kappa shape index (κ1) is 30.8. The molecule has 3 heterocycles. The smallest absolute Gasteiger partial charge is 0.431 e. The third kappa shape index (κ3) is 7.28. The van der Waals surface area contributed by atoms with Crippen LogP contribution >= 0.6 is 23.1 Å². The molecule has 15 nitrogen and oxygen atoms in total. The number of esters is 1. The van der Waals surface area contributed by atoms with Crippen LogP contribution in [0.2, 0.25) is 0 Å². The number of anilines is 1. The van der Waals surface area contributed by atoms with Gasteiger partial charge in [-0.05, 0) is 19.4 Å². The summed E-state index contributed by atoms with van der Waals surface area (Å²) in [5.74, 6) is -2.27. The minimum Gasteiger partial charge on any atom is -0.431 e. The van der Waals surface area contributed by atoms with Gasteiger partial charge in [0.25, 0.3) is 11.8 Å². The molecule has 218 valence electrons. The molecule has 0 saturated carbocycles. The summed E-state index contributed by atoms with van der Waals surface area (Å²) in [5.41, 5.74) is 0.346. The minimum atomic E-state index is -1.30. The number of fused-ring (bicyclic) bond motifs is 1. The molecule has 17 heteroatoms. The van der Waals surface area contributed by atoms with Crippen molar-refractivity contribution in [2.45, 2.75) is 51.5 Å². The van der Waals surface area contributed by atoms with Crippen LogP contribution in [0, 0.1) is 0 Å². The van der Waals surface area contributed by atoms with E-state index in [1.54, 1.807) is 13.8 Å². The molecule has 3 amide bonds. The van der Waals surface area contributed by atoms with Crippen molar-refractivity contribution in [1.82, 2.24) is 15.2 Å². The molecule has 2 N–H and O–H groups in total. The molecule has 0 aromatic carbocycles. The minimum absolute atomic E-state index is 0.0424. The van der Waals surface area contributed by atoms with Crippen LogP contribution < -0.4 is 10.6 Å². The molecule has 1 aromatic rings. The number of β-lactam (4-membered cyclic amide) rings is 1. The molecule has 0 spiro atoms. The Morgan fingerprint density at radius 1 is 1.18 bits per heavy atom. The van der Waals surface area contributed by atoms with Gasteiger partial charge in [-0.1, -0.05) is 5.16 Å². The number of hydrogen-bond acceptors (Lipinski definition) is 14. The van der Waals surface area contributed by atoms with Gasteiger partial charge < -0.3 is 34.4 Å². The Labute approximate surface area is 237 Å². The van der Waals surface area contributed by atoms with E-state index in [-0.39, 0.29) is 34.7 Å². The molecular weight excluding hydrogens is 570 g/mol. The number of ether oxygens (including phenoxy) is 4. The van der Waals surface area contributed by atoms with E-state index in [1.165, 1.54) is 50.1 Å². The monoisotopic (exact) mass is 599 g/mol. The zero-order chi connectivity index (χ0) is 29.6. The summed E-state index contributed by atoms with van der Waals surface area (Å²) >= 11 is 2.39. The van der Waals surface area contributed by atoms with E-state index in [0.717, 1.165) is 11.3 Å². The average Bonchev–Trinajstić information content (AvgIpc) is 3.31. The number of carbonyl (C=O) groups excluding carboxylic acids is 5. The molecule has 2 aliphatic heterocycles. The Bertz CT molecular complexity index is 1230. The van der Waals surface area contributed by atoms with E-state index in [1.807, 2.05) is 0 Å². The summed E-state index contributed by atoms with van der Waals surface area (Å²) in [6.45, 7) is 5.96. The molecule has 2 unspecified atom stereocenters. The Kier molecular flexibility index (Phi) is 10.5. The van der Waals surface area contributed by atoms with Crippen molar-refractivity contribution in [3.63, 3.8) is 0 Å². The summed E-state index contributed by atoms with van der Waals surface area (Å²) < 4.78 is 20.3. The number of amides is 3. The average molecular weight is 600 g/mol. The molecule has 0 radical (unpaired) electrons. The molecule has 2 aliphatic rings. The van der Waals surface area contributed by atoms with E-state index < -0.39 is 47.7 Å². The third-order valence-corrected chi connectivity index (χ3v) is 7.24. The van der Waals surface area contributed by atoms with Gasteiger partial charge in [0.1, 0.15) is 29.9 Å². The lowest BCUT2D eigenvalue weighted by atomic mass is 10.0.